The van der Waals surface area contributed by atoms with Crippen molar-refractivity contribution in [1.82, 2.24) is 5.32 Å². The summed E-state index contributed by atoms with van der Waals surface area (Å²) in [6, 6.07) is 4.00. The Balaban J connectivity index is 2.29. The van der Waals surface area contributed by atoms with Crippen LogP contribution in [0.3, 0.4) is 0 Å². The molecule has 1 unspecified atom stereocenters. The molecule has 0 saturated heterocycles. The average molecular weight is 295 g/mol. The Bertz CT molecular complexity index is 327. The summed E-state index contributed by atoms with van der Waals surface area (Å²) in [5.41, 5.74) is 0. The molecule has 1 N–H and O–H groups in total. The highest BCUT2D eigenvalue weighted by molar-refractivity contribution is 7.09. The van der Waals surface area contributed by atoms with E-state index in [1.54, 1.807) is 11.3 Å². The Labute approximate surface area is 116 Å². The largest absolute Gasteiger partial charge is 0.411 e. The molecule has 110 valence electrons. The molecular weight excluding hydrogens is 275 g/mol. The third-order valence-electron chi connectivity index (χ3n) is 2.59. The van der Waals surface area contributed by atoms with Crippen LogP contribution in [-0.4, -0.2) is 32.0 Å². The highest BCUT2D eigenvalue weighted by Crippen LogP contribution is 2.16. The van der Waals surface area contributed by atoms with Gasteiger partial charge in [-0.1, -0.05) is 13.0 Å². The summed E-state index contributed by atoms with van der Waals surface area (Å²) in [6.45, 7) is 1.76. The second-order valence-electron chi connectivity index (χ2n) is 4.40. The lowest BCUT2D eigenvalue weighted by Crippen LogP contribution is -2.35. The van der Waals surface area contributed by atoms with Crippen LogP contribution in [0, 0.1) is 0 Å². The van der Waals surface area contributed by atoms with Gasteiger partial charge in [-0.15, -0.1) is 11.3 Å². The molecule has 0 aliphatic carbocycles. The number of aryl methyl sites for hydroxylation is 1. The molecule has 1 heterocycles. The summed E-state index contributed by atoms with van der Waals surface area (Å²) < 4.78 is 40.8. The molecule has 0 radical (unpaired) electrons. The number of hydrogen-bond acceptors (Lipinski definition) is 3. The van der Waals surface area contributed by atoms with Crippen molar-refractivity contribution in [2.75, 3.05) is 19.8 Å². The molecule has 1 aromatic heterocycles. The Kier molecular flexibility index (Phi) is 7.41. The Morgan fingerprint density at radius 2 is 2.21 bits per heavy atom. The van der Waals surface area contributed by atoms with E-state index in [9.17, 15) is 13.2 Å². The van der Waals surface area contributed by atoms with Crippen molar-refractivity contribution < 1.29 is 17.9 Å². The number of ether oxygens (including phenoxy) is 1. The van der Waals surface area contributed by atoms with Crippen molar-refractivity contribution in [3.63, 3.8) is 0 Å². The fourth-order valence-corrected chi connectivity index (χ4v) is 2.41. The maximum atomic E-state index is 12.0. The fraction of sp³-hybridized carbons (Fsp3) is 0.692. The van der Waals surface area contributed by atoms with Gasteiger partial charge in [0.05, 0.1) is 6.61 Å². The van der Waals surface area contributed by atoms with Crippen molar-refractivity contribution in [1.29, 1.82) is 0 Å². The molecule has 2 nitrogen and oxygen atoms in total. The molecule has 6 heteroatoms. The van der Waals surface area contributed by atoms with Gasteiger partial charge in [0, 0.05) is 10.9 Å². The second-order valence-corrected chi connectivity index (χ2v) is 5.43. The van der Waals surface area contributed by atoms with E-state index in [0.717, 1.165) is 25.8 Å². The van der Waals surface area contributed by atoms with Gasteiger partial charge in [0.1, 0.15) is 6.61 Å². The summed E-state index contributed by atoms with van der Waals surface area (Å²) in [5.74, 6) is 0. The van der Waals surface area contributed by atoms with Gasteiger partial charge in [-0.2, -0.15) is 13.2 Å². The summed E-state index contributed by atoms with van der Waals surface area (Å²) >= 11 is 1.67. The molecule has 0 fully saturated rings. The molecule has 1 atom stereocenters. The Morgan fingerprint density at radius 1 is 1.42 bits per heavy atom. The molecule has 19 heavy (non-hydrogen) atoms. The minimum absolute atomic E-state index is 0.0237. The van der Waals surface area contributed by atoms with E-state index in [2.05, 4.69) is 5.32 Å². The summed E-state index contributed by atoms with van der Waals surface area (Å²) in [5, 5.41) is 5.23. The number of nitrogens with one attached hydrogen (secondary N) is 1. The van der Waals surface area contributed by atoms with Crippen molar-refractivity contribution in [2.45, 2.75) is 38.4 Å². The van der Waals surface area contributed by atoms with E-state index in [-0.39, 0.29) is 12.6 Å². The van der Waals surface area contributed by atoms with E-state index in [1.165, 1.54) is 4.88 Å². The zero-order valence-electron chi connectivity index (χ0n) is 11.0. The lowest BCUT2D eigenvalue weighted by molar-refractivity contribution is -0.175. The van der Waals surface area contributed by atoms with Crippen LogP contribution in [0.25, 0.3) is 0 Å². The van der Waals surface area contributed by atoms with Crippen LogP contribution in [0.1, 0.15) is 24.6 Å². The first kappa shape index (κ1) is 16.5. The molecule has 0 bridgehead atoms. The van der Waals surface area contributed by atoms with Crippen LogP contribution in [0.5, 0.6) is 0 Å². The van der Waals surface area contributed by atoms with Crippen molar-refractivity contribution in [2.24, 2.45) is 0 Å². The first-order chi connectivity index (χ1) is 9.01. The Hall–Kier alpha value is -0.590. The van der Waals surface area contributed by atoms with Gasteiger partial charge in [-0.25, -0.2) is 0 Å². The minimum atomic E-state index is -4.25. The van der Waals surface area contributed by atoms with Gasteiger partial charge in [-0.3, -0.25) is 0 Å². The first-order valence-corrected chi connectivity index (χ1v) is 7.29. The molecule has 0 aromatic carbocycles. The second kappa shape index (κ2) is 8.55. The van der Waals surface area contributed by atoms with Gasteiger partial charge in [0.25, 0.3) is 0 Å². The van der Waals surface area contributed by atoms with Crippen molar-refractivity contribution >= 4 is 11.3 Å². The van der Waals surface area contributed by atoms with E-state index >= 15 is 0 Å². The highest BCUT2D eigenvalue weighted by Gasteiger charge is 2.27. The average Bonchev–Trinajstić information content (AvgIpc) is 2.83. The van der Waals surface area contributed by atoms with E-state index < -0.39 is 12.8 Å². The van der Waals surface area contributed by atoms with Gasteiger partial charge < -0.3 is 10.1 Å². The van der Waals surface area contributed by atoms with Crippen LogP contribution < -0.4 is 5.32 Å². The quantitative estimate of drug-likeness (QED) is 0.751. The summed E-state index contributed by atoms with van der Waals surface area (Å²) in [7, 11) is 0. The molecule has 1 rings (SSSR count). The van der Waals surface area contributed by atoms with Crippen molar-refractivity contribution in [3.05, 3.63) is 22.4 Å². The molecule has 0 spiro atoms. The lowest BCUT2D eigenvalue weighted by atomic mass is 10.1. The standard InChI is InChI=1S/C13H20F3NOS/c1-2-7-17-11(9-18-10-13(14,15)16)5-6-12-4-3-8-19-12/h3-4,8,11,17H,2,5-7,9-10H2,1H3. The number of alkyl halides is 3. The Morgan fingerprint density at radius 3 is 2.79 bits per heavy atom. The van der Waals surface area contributed by atoms with Crippen LogP contribution in [0.4, 0.5) is 13.2 Å². The predicted octanol–water partition coefficient (Wildman–Crippen LogP) is 3.63. The smallest absolute Gasteiger partial charge is 0.370 e. The van der Waals surface area contributed by atoms with Crippen LogP contribution in [0.15, 0.2) is 17.5 Å². The van der Waals surface area contributed by atoms with Crippen LogP contribution in [0.2, 0.25) is 0 Å². The van der Waals surface area contributed by atoms with E-state index in [1.807, 2.05) is 24.4 Å². The maximum Gasteiger partial charge on any atom is 0.411 e. The number of rotatable bonds is 9. The molecule has 1 aromatic rings. The number of thiophene rings is 1. The van der Waals surface area contributed by atoms with E-state index in [0.29, 0.717) is 0 Å². The van der Waals surface area contributed by atoms with Gasteiger partial charge >= 0.3 is 6.18 Å². The van der Waals surface area contributed by atoms with E-state index in [4.69, 9.17) is 4.74 Å². The maximum absolute atomic E-state index is 12.0. The molecule has 0 amide bonds. The molecule has 0 aliphatic rings. The van der Waals surface area contributed by atoms with Gasteiger partial charge in [-0.05, 0) is 37.3 Å². The summed E-state index contributed by atoms with van der Waals surface area (Å²) in [6.07, 6.45) is -1.63. The summed E-state index contributed by atoms with van der Waals surface area (Å²) in [4.78, 5) is 1.25. The third-order valence-corrected chi connectivity index (χ3v) is 3.52. The predicted molar refractivity (Wildman–Crippen MR) is 71.6 cm³/mol. The topological polar surface area (TPSA) is 21.3 Å². The van der Waals surface area contributed by atoms with Crippen LogP contribution >= 0.6 is 11.3 Å². The molecule has 0 aliphatic heterocycles. The third kappa shape index (κ3) is 8.23. The monoisotopic (exact) mass is 295 g/mol. The number of hydrogen-bond donors (Lipinski definition) is 1. The fourth-order valence-electron chi connectivity index (χ4n) is 1.68. The normalized spacial score (nSPS) is 13.7. The first-order valence-electron chi connectivity index (χ1n) is 6.41. The molecular formula is C13H20F3NOS. The van der Waals surface area contributed by atoms with Gasteiger partial charge in [0.15, 0.2) is 0 Å². The number of halogens is 3. The highest BCUT2D eigenvalue weighted by atomic mass is 32.1. The zero-order chi connectivity index (χ0) is 14.1. The van der Waals surface area contributed by atoms with Crippen molar-refractivity contribution in [3.8, 4) is 0 Å². The lowest BCUT2D eigenvalue weighted by Gasteiger charge is -2.19. The van der Waals surface area contributed by atoms with Crippen LogP contribution in [-0.2, 0) is 11.2 Å². The van der Waals surface area contributed by atoms with Gasteiger partial charge in [0.2, 0.25) is 0 Å². The SMILES string of the molecule is CCCNC(CCc1cccs1)COCC(F)(F)F. The molecule has 0 saturated carbocycles. The zero-order valence-corrected chi connectivity index (χ0v) is 11.8. The minimum Gasteiger partial charge on any atom is -0.370 e.